The van der Waals surface area contributed by atoms with Gasteiger partial charge in [-0.1, -0.05) is 15.9 Å². The van der Waals surface area contributed by atoms with E-state index < -0.39 is 11.9 Å². The summed E-state index contributed by atoms with van der Waals surface area (Å²) in [6.07, 6.45) is 2.41. The van der Waals surface area contributed by atoms with Gasteiger partial charge in [-0.3, -0.25) is 9.59 Å². The van der Waals surface area contributed by atoms with Crippen LogP contribution in [0, 0.1) is 0 Å². The first-order valence-electron chi connectivity index (χ1n) is 6.16. The van der Waals surface area contributed by atoms with E-state index in [9.17, 15) is 9.59 Å². The smallest absolute Gasteiger partial charge is 0.256 e. The van der Waals surface area contributed by atoms with Crippen LogP contribution in [0.4, 0.5) is 5.69 Å². The third-order valence-corrected chi connectivity index (χ3v) is 3.83. The van der Waals surface area contributed by atoms with Gasteiger partial charge < -0.3 is 16.4 Å². The van der Waals surface area contributed by atoms with Crippen molar-refractivity contribution in [3.05, 3.63) is 28.2 Å². The molecule has 1 unspecified atom stereocenters. The van der Waals surface area contributed by atoms with Crippen LogP contribution in [0.1, 0.15) is 29.6 Å². The molecule has 1 aliphatic heterocycles. The zero-order chi connectivity index (χ0) is 14.0. The van der Waals surface area contributed by atoms with E-state index in [1.54, 1.807) is 18.2 Å². The second-order valence-corrected chi connectivity index (χ2v) is 5.56. The fraction of sp³-hybridized carbons (Fsp3) is 0.385. The zero-order valence-electron chi connectivity index (χ0n) is 10.4. The SMILES string of the molecule is NC(=O)C1CCCCN1C(=O)c1ccc(Br)cc1N. The minimum Gasteiger partial charge on any atom is -0.398 e. The van der Waals surface area contributed by atoms with Gasteiger partial charge >= 0.3 is 0 Å². The number of hydrogen-bond acceptors (Lipinski definition) is 3. The number of anilines is 1. The lowest BCUT2D eigenvalue weighted by Crippen LogP contribution is -2.50. The molecule has 2 rings (SSSR count). The fourth-order valence-corrected chi connectivity index (χ4v) is 2.73. The first-order valence-corrected chi connectivity index (χ1v) is 6.95. The number of halogens is 1. The van der Waals surface area contributed by atoms with Gasteiger partial charge in [-0.15, -0.1) is 0 Å². The van der Waals surface area contributed by atoms with Gasteiger partial charge in [-0.05, 0) is 37.5 Å². The first kappa shape index (κ1) is 13.9. The quantitative estimate of drug-likeness (QED) is 0.807. The van der Waals surface area contributed by atoms with E-state index >= 15 is 0 Å². The number of primary amides is 1. The summed E-state index contributed by atoms with van der Waals surface area (Å²) >= 11 is 3.30. The number of nitrogens with zero attached hydrogens (tertiary/aromatic N) is 1. The molecule has 1 fully saturated rings. The molecule has 2 amide bonds. The topological polar surface area (TPSA) is 89.4 Å². The summed E-state index contributed by atoms with van der Waals surface area (Å²) in [6.45, 7) is 0.544. The molecule has 5 nitrogen and oxygen atoms in total. The Bertz CT molecular complexity index is 519. The van der Waals surface area contributed by atoms with Gasteiger partial charge in [0.05, 0.1) is 5.56 Å². The standard InChI is InChI=1S/C13H16BrN3O2/c14-8-4-5-9(10(15)7-8)13(19)17-6-2-1-3-11(17)12(16)18/h4-5,7,11H,1-3,6,15H2,(H2,16,18). The largest absolute Gasteiger partial charge is 0.398 e. The number of benzene rings is 1. The molecule has 1 atom stereocenters. The van der Waals surface area contributed by atoms with Crippen LogP contribution in [0.3, 0.4) is 0 Å². The Balaban J connectivity index is 2.28. The van der Waals surface area contributed by atoms with Gasteiger partial charge in [0.15, 0.2) is 0 Å². The van der Waals surface area contributed by atoms with E-state index in [0.717, 1.165) is 17.3 Å². The maximum Gasteiger partial charge on any atom is 0.256 e. The second kappa shape index (κ2) is 5.61. The van der Waals surface area contributed by atoms with E-state index in [1.807, 2.05) is 0 Å². The highest BCUT2D eigenvalue weighted by atomic mass is 79.9. The Morgan fingerprint density at radius 1 is 1.32 bits per heavy atom. The molecule has 0 aromatic heterocycles. The fourth-order valence-electron chi connectivity index (χ4n) is 2.35. The van der Waals surface area contributed by atoms with Gasteiger partial charge in [-0.25, -0.2) is 0 Å². The Kier molecular flexibility index (Phi) is 4.09. The summed E-state index contributed by atoms with van der Waals surface area (Å²) < 4.78 is 0.812. The van der Waals surface area contributed by atoms with Crippen LogP contribution >= 0.6 is 15.9 Å². The predicted molar refractivity (Wildman–Crippen MR) is 76.4 cm³/mol. The third-order valence-electron chi connectivity index (χ3n) is 3.34. The number of rotatable bonds is 2. The molecule has 4 N–H and O–H groups in total. The van der Waals surface area contributed by atoms with E-state index in [0.29, 0.717) is 24.2 Å². The molecule has 1 saturated heterocycles. The minimum atomic E-state index is -0.524. The van der Waals surface area contributed by atoms with Crippen LogP contribution in [-0.2, 0) is 4.79 Å². The molecule has 1 aliphatic rings. The lowest BCUT2D eigenvalue weighted by molar-refractivity contribution is -0.123. The molecule has 0 spiro atoms. The molecule has 0 saturated carbocycles. The lowest BCUT2D eigenvalue weighted by Gasteiger charge is -2.34. The molecule has 1 aromatic carbocycles. The van der Waals surface area contributed by atoms with Crippen LogP contribution in [0.15, 0.2) is 22.7 Å². The normalized spacial score (nSPS) is 19.2. The van der Waals surface area contributed by atoms with E-state index in [1.165, 1.54) is 4.90 Å². The van der Waals surface area contributed by atoms with Gasteiger partial charge in [-0.2, -0.15) is 0 Å². The monoisotopic (exact) mass is 325 g/mol. The number of likely N-dealkylation sites (tertiary alicyclic amines) is 1. The van der Waals surface area contributed by atoms with E-state index in [4.69, 9.17) is 11.5 Å². The van der Waals surface area contributed by atoms with Gasteiger partial charge in [0.1, 0.15) is 6.04 Å². The third kappa shape index (κ3) is 2.89. The molecular formula is C13H16BrN3O2. The van der Waals surface area contributed by atoms with Crippen molar-refractivity contribution in [1.29, 1.82) is 0 Å². The van der Waals surface area contributed by atoms with Gasteiger partial charge in [0, 0.05) is 16.7 Å². The van der Waals surface area contributed by atoms with Crippen LogP contribution < -0.4 is 11.5 Å². The lowest BCUT2D eigenvalue weighted by atomic mass is 10.00. The highest BCUT2D eigenvalue weighted by Crippen LogP contribution is 2.24. The van der Waals surface area contributed by atoms with Crippen molar-refractivity contribution in [2.45, 2.75) is 25.3 Å². The zero-order valence-corrected chi connectivity index (χ0v) is 12.0. The molecule has 1 heterocycles. The summed E-state index contributed by atoms with van der Waals surface area (Å²) in [5.74, 6) is -0.683. The van der Waals surface area contributed by atoms with Crippen LogP contribution in [0.2, 0.25) is 0 Å². The average Bonchev–Trinajstić information content (AvgIpc) is 2.38. The van der Waals surface area contributed by atoms with E-state index in [-0.39, 0.29) is 5.91 Å². The van der Waals surface area contributed by atoms with Crippen molar-refractivity contribution in [1.82, 2.24) is 4.90 Å². The van der Waals surface area contributed by atoms with Crippen LogP contribution in [0.5, 0.6) is 0 Å². The number of amides is 2. The number of piperidine rings is 1. The number of nitrogen functional groups attached to an aromatic ring is 1. The Morgan fingerprint density at radius 2 is 2.05 bits per heavy atom. The Morgan fingerprint density at radius 3 is 2.68 bits per heavy atom. The molecule has 1 aromatic rings. The molecule has 0 radical (unpaired) electrons. The summed E-state index contributed by atoms with van der Waals surface area (Å²) in [4.78, 5) is 25.4. The summed E-state index contributed by atoms with van der Waals surface area (Å²) in [7, 11) is 0. The van der Waals surface area contributed by atoms with Crippen molar-refractivity contribution in [2.75, 3.05) is 12.3 Å². The van der Waals surface area contributed by atoms with Crippen LogP contribution in [-0.4, -0.2) is 29.3 Å². The van der Waals surface area contributed by atoms with Gasteiger partial charge in [0.25, 0.3) is 5.91 Å². The molecule has 0 aliphatic carbocycles. The van der Waals surface area contributed by atoms with Gasteiger partial charge in [0.2, 0.25) is 5.91 Å². The van der Waals surface area contributed by atoms with Crippen molar-refractivity contribution in [3.8, 4) is 0 Å². The van der Waals surface area contributed by atoms with Crippen molar-refractivity contribution in [2.24, 2.45) is 5.73 Å². The highest BCUT2D eigenvalue weighted by molar-refractivity contribution is 9.10. The maximum atomic E-state index is 12.5. The molecule has 0 bridgehead atoms. The number of carbonyl (C=O) groups is 2. The van der Waals surface area contributed by atoms with Crippen molar-refractivity contribution in [3.63, 3.8) is 0 Å². The Labute approximate surface area is 120 Å². The molecule has 6 heteroatoms. The molecule has 19 heavy (non-hydrogen) atoms. The average molecular weight is 326 g/mol. The van der Waals surface area contributed by atoms with Crippen molar-refractivity contribution >= 4 is 33.4 Å². The summed E-state index contributed by atoms with van der Waals surface area (Å²) in [5.41, 5.74) is 12.0. The van der Waals surface area contributed by atoms with Crippen LogP contribution in [0.25, 0.3) is 0 Å². The Hall–Kier alpha value is -1.56. The number of hydrogen-bond donors (Lipinski definition) is 2. The minimum absolute atomic E-state index is 0.228. The summed E-state index contributed by atoms with van der Waals surface area (Å²) in [6, 6.07) is 4.57. The molecular weight excluding hydrogens is 310 g/mol. The second-order valence-electron chi connectivity index (χ2n) is 4.64. The predicted octanol–water partition coefficient (Wildman–Crippen LogP) is 1.51. The first-order chi connectivity index (χ1) is 9.00. The maximum absolute atomic E-state index is 12.5. The number of nitrogens with two attached hydrogens (primary N) is 2. The molecule has 102 valence electrons. The van der Waals surface area contributed by atoms with E-state index in [2.05, 4.69) is 15.9 Å². The van der Waals surface area contributed by atoms with Crippen molar-refractivity contribution < 1.29 is 9.59 Å². The summed E-state index contributed by atoms with van der Waals surface area (Å²) in [5, 5.41) is 0. The highest BCUT2D eigenvalue weighted by Gasteiger charge is 2.31. The number of carbonyl (C=O) groups excluding carboxylic acids is 2.